The second kappa shape index (κ2) is 7.14. The molecule has 0 aliphatic heterocycles. The summed E-state index contributed by atoms with van der Waals surface area (Å²) in [7, 11) is 0. The predicted octanol–water partition coefficient (Wildman–Crippen LogP) is 4.45. The van der Waals surface area contributed by atoms with Crippen molar-refractivity contribution in [3.05, 3.63) is 0 Å². The van der Waals surface area contributed by atoms with Crippen LogP contribution >= 0.6 is 0 Å². The van der Waals surface area contributed by atoms with Crippen LogP contribution in [0.5, 0.6) is 0 Å². The zero-order valence-corrected chi connectivity index (χ0v) is 17.9. The molecule has 1 N–H and O–H groups in total. The summed E-state index contributed by atoms with van der Waals surface area (Å²) in [5.41, 5.74) is 4.46. The highest BCUT2D eigenvalue weighted by Gasteiger charge is 2.59. The van der Waals surface area contributed by atoms with Crippen molar-refractivity contribution < 1.29 is 14.3 Å². The lowest BCUT2D eigenvalue weighted by Crippen LogP contribution is -2.54. The van der Waals surface area contributed by atoms with E-state index in [2.05, 4.69) is 24.4 Å². The summed E-state index contributed by atoms with van der Waals surface area (Å²) in [6.07, 6.45) is 10.6. The number of hydrogen-bond acceptors (Lipinski definition) is 4. The Morgan fingerprint density at radius 1 is 1.04 bits per heavy atom. The molecule has 156 valence electrons. The van der Waals surface area contributed by atoms with E-state index < -0.39 is 0 Å². The molecule has 0 spiro atoms. The molecule has 0 aromatic heterocycles. The Labute approximate surface area is 169 Å². The van der Waals surface area contributed by atoms with Gasteiger partial charge in [0.05, 0.1) is 0 Å². The van der Waals surface area contributed by atoms with Crippen molar-refractivity contribution in [1.29, 1.82) is 0 Å². The Morgan fingerprint density at radius 2 is 1.82 bits per heavy atom. The van der Waals surface area contributed by atoms with Gasteiger partial charge >= 0.3 is 5.97 Å². The van der Waals surface area contributed by atoms with Crippen LogP contribution in [0.1, 0.15) is 85.5 Å². The van der Waals surface area contributed by atoms with Crippen LogP contribution in [0.15, 0.2) is 5.10 Å². The molecule has 0 heterocycles. The minimum Gasteiger partial charge on any atom is -0.463 e. The molecule has 7 atom stereocenters. The van der Waals surface area contributed by atoms with E-state index in [1.54, 1.807) is 0 Å². The third-order valence-electron chi connectivity index (χ3n) is 9.04. The van der Waals surface area contributed by atoms with Crippen LogP contribution in [0.4, 0.5) is 0 Å². The average Bonchev–Trinajstić information content (AvgIpc) is 2.96. The number of hydrogen-bond donors (Lipinski definition) is 1. The standard InChI is InChI=1S/C23H36N2O3/c1-14(26)24-25-21-8-7-19-18-6-5-16-13-17(28-15(2)27)9-11-22(16,3)20(18)10-12-23(19,21)4/h16-20H,5-13H2,1-4H3,(H,24,26)/b25-21+/t16-,17-,18-,19+,20-,22-,23-/m0/s1. The zero-order valence-electron chi connectivity index (χ0n) is 17.9. The molecule has 4 saturated carbocycles. The molecule has 0 aromatic rings. The van der Waals surface area contributed by atoms with Gasteiger partial charge in [0.15, 0.2) is 0 Å². The number of carbonyl (C=O) groups excluding carboxylic acids is 2. The fraction of sp³-hybridized carbons (Fsp3) is 0.870. The maximum Gasteiger partial charge on any atom is 0.302 e. The number of rotatable bonds is 2. The molecule has 4 aliphatic carbocycles. The summed E-state index contributed by atoms with van der Waals surface area (Å²) in [4.78, 5) is 22.7. The molecule has 5 heteroatoms. The van der Waals surface area contributed by atoms with Gasteiger partial charge in [-0.2, -0.15) is 5.10 Å². The van der Waals surface area contributed by atoms with Gasteiger partial charge in [0.2, 0.25) is 5.91 Å². The summed E-state index contributed by atoms with van der Waals surface area (Å²) in [5.74, 6) is 2.73. The van der Waals surface area contributed by atoms with Gasteiger partial charge in [-0.1, -0.05) is 13.8 Å². The summed E-state index contributed by atoms with van der Waals surface area (Å²) in [6, 6.07) is 0. The molecule has 4 aliphatic rings. The number of esters is 1. The Morgan fingerprint density at radius 3 is 2.54 bits per heavy atom. The Bertz CT molecular complexity index is 689. The molecule has 0 saturated heterocycles. The van der Waals surface area contributed by atoms with Crippen LogP contribution in [0.3, 0.4) is 0 Å². The fourth-order valence-electron chi connectivity index (χ4n) is 7.68. The molecule has 5 nitrogen and oxygen atoms in total. The van der Waals surface area contributed by atoms with E-state index in [9.17, 15) is 9.59 Å². The number of nitrogens with one attached hydrogen (secondary N) is 1. The van der Waals surface area contributed by atoms with Crippen LogP contribution in [-0.4, -0.2) is 23.7 Å². The molecule has 1 amide bonds. The third-order valence-corrected chi connectivity index (χ3v) is 9.04. The van der Waals surface area contributed by atoms with Crippen molar-refractivity contribution in [3.8, 4) is 0 Å². The van der Waals surface area contributed by atoms with Gasteiger partial charge in [-0.25, -0.2) is 5.43 Å². The SMILES string of the molecule is CC(=O)N/N=C1\CC[C@@H]2[C@@H]3CC[C@H]4C[C@@H](OC(C)=O)CC[C@]4(C)[C@H]3CC[C@]12C. The number of amides is 1. The first-order chi connectivity index (χ1) is 13.2. The number of ether oxygens (including phenoxy) is 1. The first-order valence-electron chi connectivity index (χ1n) is 11.2. The van der Waals surface area contributed by atoms with Gasteiger partial charge in [0, 0.05) is 25.0 Å². The van der Waals surface area contributed by atoms with E-state index in [4.69, 9.17) is 4.74 Å². The van der Waals surface area contributed by atoms with Crippen LogP contribution in [0.2, 0.25) is 0 Å². The van der Waals surface area contributed by atoms with Crippen LogP contribution in [-0.2, 0) is 14.3 Å². The number of fused-ring (bicyclic) bond motifs is 5. The van der Waals surface area contributed by atoms with E-state index in [-0.39, 0.29) is 23.4 Å². The molecule has 0 unspecified atom stereocenters. The van der Waals surface area contributed by atoms with E-state index in [1.807, 2.05) is 0 Å². The molecule has 4 fully saturated rings. The van der Waals surface area contributed by atoms with E-state index in [0.29, 0.717) is 17.3 Å². The summed E-state index contributed by atoms with van der Waals surface area (Å²) < 4.78 is 5.58. The zero-order chi connectivity index (χ0) is 20.1. The second-order valence-corrected chi connectivity index (χ2v) is 10.4. The van der Waals surface area contributed by atoms with Crippen molar-refractivity contribution in [2.24, 2.45) is 39.6 Å². The van der Waals surface area contributed by atoms with Gasteiger partial charge in [-0.3, -0.25) is 9.59 Å². The van der Waals surface area contributed by atoms with Gasteiger partial charge in [0.1, 0.15) is 6.10 Å². The number of hydrazone groups is 1. The van der Waals surface area contributed by atoms with E-state index in [0.717, 1.165) is 31.1 Å². The molecule has 0 bridgehead atoms. The topological polar surface area (TPSA) is 67.8 Å². The normalized spacial score (nSPS) is 46.3. The molecule has 28 heavy (non-hydrogen) atoms. The van der Waals surface area contributed by atoms with Gasteiger partial charge < -0.3 is 4.74 Å². The summed E-state index contributed by atoms with van der Waals surface area (Å²) in [6.45, 7) is 7.99. The van der Waals surface area contributed by atoms with Crippen molar-refractivity contribution in [2.45, 2.75) is 91.6 Å². The van der Waals surface area contributed by atoms with Crippen molar-refractivity contribution >= 4 is 17.6 Å². The van der Waals surface area contributed by atoms with Crippen molar-refractivity contribution in [2.75, 3.05) is 0 Å². The highest BCUT2D eigenvalue weighted by molar-refractivity contribution is 5.93. The van der Waals surface area contributed by atoms with Crippen molar-refractivity contribution in [1.82, 2.24) is 5.43 Å². The minimum atomic E-state index is -0.132. The van der Waals surface area contributed by atoms with Gasteiger partial charge in [0.25, 0.3) is 0 Å². The monoisotopic (exact) mass is 388 g/mol. The Balaban J connectivity index is 1.52. The molecule has 0 radical (unpaired) electrons. The first kappa shape index (κ1) is 19.9. The molecular formula is C23H36N2O3. The fourth-order valence-corrected chi connectivity index (χ4v) is 7.68. The average molecular weight is 389 g/mol. The Hall–Kier alpha value is -1.39. The molecule has 0 aromatic carbocycles. The second-order valence-electron chi connectivity index (χ2n) is 10.4. The van der Waals surface area contributed by atoms with Crippen LogP contribution in [0, 0.1) is 34.5 Å². The van der Waals surface area contributed by atoms with E-state index in [1.165, 1.54) is 58.1 Å². The van der Waals surface area contributed by atoms with E-state index >= 15 is 0 Å². The Kier molecular flexibility index (Phi) is 5.08. The quantitative estimate of drug-likeness (QED) is 0.561. The van der Waals surface area contributed by atoms with Gasteiger partial charge in [-0.05, 0) is 86.9 Å². The largest absolute Gasteiger partial charge is 0.463 e. The highest BCUT2D eigenvalue weighted by Crippen LogP contribution is 2.65. The lowest BCUT2D eigenvalue weighted by molar-refractivity contribution is -0.158. The maximum absolute atomic E-state index is 11.4. The molecular weight excluding hydrogens is 352 g/mol. The summed E-state index contributed by atoms with van der Waals surface area (Å²) >= 11 is 0. The van der Waals surface area contributed by atoms with Crippen molar-refractivity contribution in [3.63, 3.8) is 0 Å². The third kappa shape index (κ3) is 3.19. The number of nitrogens with zero attached hydrogens (tertiary/aromatic N) is 1. The lowest BCUT2D eigenvalue weighted by Gasteiger charge is -2.60. The summed E-state index contributed by atoms with van der Waals surface area (Å²) in [5, 5.41) is 4.52. The smallest absolute Gasteiger partial charge is 0.302 e. The highest BCUT2D eigenvalue weighted by atomic mass is 16.5. The lowest BCUT2D eigenvalue weighted by atomic mass is 9.45. The predicted molar refractivity (Wildman–Crippen MR) is 109 cm³/mol. The van der Waals surface area contributed by atoms with Gasteiger partial charge in [-0.15, -0.1) is 0 Å². The number of carbonyl (C=O) groups is 2. The first-order valence-corrected chi connectivity index (χ1v) is 11.2. The minimum absolute atomic E-state index is 0.0780. The molecule has 4 rings (SSSR count). The maximum atomic E-state index is 11.4. The van der Waals surface area contributed by atoms with Crippen LogP contribution in [0.25, 0.3) is 0 Å². The van der Waals surface area contributed by atoms with Crippen LogP contribution < -0.4 is 5.43 Å².